The predicted molar refractivity (Wildman–Crippen MR) is 137 cm³/mol. The quantitative estimate of drug-likeness (QED) is 0.366. The van der Waals surface area contributed by atoms with Crippen molar-refractivity contribution in [2.75, 3.05) is 13.7 Å². The van der Waals surface area contributed by atoms with Gasteiger partial charge >= 0.3 is 6.03 Å². The largest absolute Gasteiger partial charge is 0.496 e. The van der Waals surface area contributed by atoms with Gasteiger partial charge in [0.15, 0.2) is 0 Å². The van der Waals surface area contributed by atoms with E-state index < -0.39 is 0 Å². The van der Waals surface area contributed by atoms with Crippen LogP contribution in [0.15, 0.2) is 83.7 Å². The Morgan fingerprint density at radius 3 is 2.46 bits per heavy atom. The lowest BCUT2D eigenvalue weighted by molar-refractivity contribution is 0.191. The molecule has 1 aromatic heterocycles. The van der Waals surface area contributed by atoms with Gasteiger partial charge in [0.2, 0.25) is 0 Å². The summed E-state index contributed by atoms with van der Waals surface area (Å²) in [5.41, 5.74) is 2.80. The number of para-hydroxylation sites is 1. The van der Waals surface area contributed by atoms with Gasteiger partial charge < -0.3 is 24.7 Å². The van der Waals surface area contributed by atoms with Crippen molar-refractivity contribution in [3.05, 3.63) is 106 Å². The van der Waals surface area contributed by atoms with E-state index >= 15 is 0 Å². The normalized spacial score (nSPS) is 10.7. The Hall–Kier alpha value is -4.26. The van der Waals surface area contributed by atoms with Crippen LogP contribution in [-0.4, -0.2) is 29.6 Å². The van der Waals surface area contributed by atoms with Gasteiger partial charge in [-0.3, -0.25) is 4.79 Å². The molecule has 7 nitrogen and oxygen atoms in total. The number of H-pyrrole nitrogens is 1. The van der Waals surface area contributed by atoms with E-state index in [1.807, 2.05) is 85.8 Å². The van der Waals surface area contributed by atoms with Gasteiger partial charge in [0.05, 0.1) is 26.8 Å². The highest BCUT2D eigenvalue weighted by Crippen LogP contribution is 2.22. The van der Waals surface area contributed by atoms with Gasteiger partial charge in [0.25, 0.3) is 5.56 Å². The van der Waals surface area contributed by atoms with E-state index in [1.54, 1.807) is 12.0 Å². The molecule has 3 aromatic carbocycles. The van der Waals surface area contributed by atoms with Crippen LogP contribution in [0.1, 0.15) is 23.6 Å². The number of carbonyl (C=O) groups excluding carboxylic acids is 1. The molecular weight excluding hydrogens is 442 g/mol. The number of urea groups is 1. The van der Waals surface area contributed by atoms with Crippen molar-refractivity contribution >= 4 is 16.9 Å². The molecule has 35 heavy (non-hydrogen) atoms. The summed E-state index contributed by atoms with van der Waals surface area (Å²) >= 11 is 0. The number of nitrogens with zero attached hydrogens (tertiary/aromatic N) is 1. The zero-order valence-corrected chi connectivity index (χ0v) is 19.9. The molecule has 0 fully saturated rings. The number of hydrogen-bond donors (Lipinski definition) is 2. The first-order valence-electron chi connectivity index (χ1n) is 11.5. The third kappa shape index (κ3) is 6.00. The number of benzene rings is 3. The first kappa shape index (κ1) is 23.9. The van der Waals surface area contributed by atoms with E-state index in [0.717, 1.165) is 22.3 Å². The SMILES string of the molecule is CCOc1ccc2[nH]c(=O)c(CN(Cc3ccccc3OC)C(=O)NCc3ccccc3)cc2c1. The maximum Gasteiger partial charge on any atom is 0.318 e. The van der Waals surface area contributed by atoms with Crippen molar-refractivity contribution in [3.8, 4) is 11.5 Å². The van der Waals surface area contributed by atoms with E-state index in [9.17, 15) is 9.59 Å². The molecule has 2 N–H and O–H groups in total. The number of ether oxygens (including phenoxy) is 2. The van der Waals surface area contributed by atoms with Crippen LogP contribution in [0.3, 0.4) is 0 Å². The van der Waals surface area contributed by atoms with Crippen LogP contribution >= 0.6 is 0 Å². The van der Waals surface area contributed by atoms with Crippen molar-refractivity contribution in [1.82, 2.24) is 15.2 Å². The number of aromatic amines is 1. The fraction of sp³-hybridized carbons (Fsp3) is 0.214. The summed E-state index contributed by atoms with van der Waals surface area (Å²) < 4.78 is 11.1. The monoisotopic (exact) mass is 471 g/mol. The molecule has 0 aliphatic rings. The van der Waals surface area contributed by atoms with Crippen molar-refractivity contribution in [2.24, 2.45) is 0 Å². The smallest absolute Gasteiger partial charge is 0.318 e. The lowest BCUT2D eigenvalue weighted by Crippen LogP contribution is -2.40. The molecule has 1 heterocycles. The number of hydrogen-bond acceptors (Lipinski definition) is 4. The van der Waals surface area contributed by atoms with Crippen molar-refractivity contribution in [1.29, 1.82) is 0 Å². The third-order valence-electron chi connectivity index (χ3n) is 5.69. The second-order valence-corrected chi connectivity index (χ2v) is 8.12. The maximum absolute atomic E-state index is 13.3. The van der Waals surface area contributed by atoms with Crippen LogP contribution < -0.4 is 20.3 Å². The summed E-state index contributed by atoms with van der Waals surface area (Å²) in [5.74, 6) is 1.41. The Balaban J connectivity index is 1.63. The highest BCUT2D eigenvalue weighted by atomic mass is 16.5. The molecule has 4 aromatic rings. The van der Waals surface area contributed by atoms with E-state index in [0.29, 0.717) is 30.0 Å². The van der Waals surface area contributed by atoms with Crippen LogP contribution in [0.2, 0.25) is 0 Å². The summed E-state index contributed by atoms with van der Waals surface area (Å²) in [6, 6.07) is 24.3. The van der Waals surface area contributed by atoms with Crippen molar-refractivity contribution < 1.29 is 14.3 Å². The minimum Gasteiger partial charge on any atom is -0.496 e. The molecule has 0 aliphatic carbocycles. The van der Waals surface area contributed by atoms with Crippen LogP contribution in [0.5, 0.6) is 11.5 Å². The van der Waals surface area contributed by atoms with Crippen LogP contribution in [0, 0.1) is 0 Å². The predicted octanol–water partition coefficient (Wildman–Crippen LogP) is 4.85. The second-order valence-electron chi connectivity index (χ2n) is 8.12. The highest BCUT2D eigenvalue weighted by molar-refractivity contribution is 5.81. The molecule has 0 saturated carbocycles. The first-order chi connectivity index (χ1) is 17.1. The average Bonchev–Trinajstić information content (AvgIpc) is 2.88. The molecule has 180 valence electrons. The standard InChI is InChI=1S/C28H29N3O4/c1-3-35-24-13-14-25-22(16-24)15-23(27(32)30-25)19-31(18-21-11-7-8-12-26(21)34-2)28(33)29-17-20-9-5-4-6-10-20/h4-16H,3,17-19H2,1-2H3,(H,29,33)(H,30,32). The molecule has 4 rings (SSSR count). The molecule has 7 heteroatoms. The molecule has 0 atom stereocenters. The number of amides is 2. The lowest BCUT2D eigenvalue weighted by Gasteiger charge is -2.24. The molecule has 0 radical (unpaired) electrons. The van der Waals surface area contributed by atoms with Gasteiger partial charge in [-0.1, -0.05) is 48.5 Å². The Morgan fingerprint density at radius 1 is 0.943 bits per heavy atom. The second kappa shape index (κ2) is 11.2. The van der Waals surface area contributed by atoms with E-state index in [-0.39, 0.29) is 24.7 Å². The number of carbonyl (C=O) groups is 1. The van der Waals surface area contributed by atoms with Gasteiger partial charge in [0, 0.05) is 28.6 Å². The van der Waals surface area contributed by atoms with Crippen LogP contribution in [0.4, 0.5) is 4.79 Å². The maximum atomic E-state index is 13.3. The lowest BCUT2D eigenvalue weighted by atomic mass is 10.1. The van der Waals surface area contributed by atoms with E-state index in [4.69, 9.17) is 9.47 Å². The van der Waals surface area contributed by atoms with Gasteiger partial charge in [0.1, 0.15) is 11.5 Å². The zero-order valence-electron chi connectivity index (χ0n) is 19.9. The molecular formula is C28H29N3O4. The number of rotatable bonds is 9. The van der Waals surface area contributed by atoms with E-state index in [1.165, 1.54) is 0 Å². The molecule has 0 bridgehead atoms. The van der Waals surface area contributed by atoms with E-state index in [2.05, 4.69) is 10.3 Å². The summed E-state index contributed by atoms with van der Waals surface area (Å²) in [6.45, 7) is 3.26. The summed E-state index contributed by atoms with van der Waals surface area (Å²) in [6.07, 6.45) is 0. The number of methoxy groups -OCH3 is 1. The number of fused-ring (bicyclic) bond motifs is 1. The molecule has 0 spiro atoms. The molecule has 0 saturated heterocycles. The number of pyridine rings is 1. The van der Waals surface area contributed by atoms with Gasteiger partial charge in [-0.15, -0.1) is 0 Å². The Bertz CT molecular complexity index is 1350. The van der Waals surface area contributed by atoms with Gasteiger partial charge in [-0.25, -0.2) is 4.79 Å². The summed E-state index contributed by atoms with van der Waals surface area (Å²) in [7, 11) is 1.60. The van der Waals surface area contributed by atoms with Crippen molar-refractivity contribution in [3.63, 3.8) is 0 Å². The Labute approximate surface area is 204 Å². The third-order valence-corrected chi connectivity index (χ3v) is 5.69. The Morgan fingerprint density at radius 2 is 1.69 bits per heavy atom. The van der Waals surface area contributed by atoms with Crippen molar-refractivity contribution in [2.45, 2.75) is 26.6 Å². The number of nitrogens with one attached hydrogen (secondary N) is 2. The summed E-state index contributed by atoms with van der Waals surface area (Å²) in [5, 5.41) is 3.81. The van der Waals surface area contributed by atoms with Crippen LogP contribution in [0.25, 0.3) is 10.9 Å². The molecule has 2 amide bonds. The van der Waals surface area contributed by atoms with Gasteiger partial charge in [-0.05, 0) is 42.8 Å². The first-order valence-corrected chi connectivity index (χ1v) is 11.5. The number of aromatic nitrogens is 1. The fourth-order valence-electron chi connectivity index (χ4n) is 3.93. The minimum atomic E-state index is -0.276. The minimum absolute atomic E-state index is 0.128. The topological polar surface area (TPSA) is 83.7 Å². The molecule has 0 unspecified atom stereocenters. The Kier molecular flexibility index (Phi) is 7.67. The van der Waals surface area contributed by atoms with Gasteiger partial charge in [-0.2, -0.15) is 0 Å². The fourth-order valence-corrected chi connectivity index (χ4v) is 3.93. The average molecular weight is 472 g/mol. The highest BCUT2D eigenvalue weighted by Gasteiger charge is 2.18. The molecule has 0 aliphatic heterocycles. The van der Waals surface area contributed by atoms with Crippen LogP contribution in [-0.2, 0) is 19.6 Å². The zero-order chi connectivity index (χ0) is 24.6. The summed E-state index contributed by atoms with van der Waals surface area (Å²) in [4.78, 5) is 30.7.